The first-order valence-corrected chi connectivity index (χ1v) is 7.12. The van der Waals surface area contributed by atoms with Crippen LogP contribution in [0.3, 0.4) is 0 Å². The van der Waals surface area contributed by atoms with E-state index in [9.17, 15) is 0 Å². The monoisotopic (exact) mass is 336 g/mol. The molecule has 0 spiro atoms. The van der Waals surface area contributed by atoms with Gasteiger partial charge in [-0.15, -0.1) is 12.4 Å². The van der Waals surface area contributed by atoms with Gasteiger partial charge < -0.3 is 5.73 Å². The molecule has 1 aliphatic rings. The second-order valence-electron chi connectivity index (χ2n) is 4.76. The Hall–Kier alpha value is -0.100. The highest BCUT2D eigenvalue weighted by molar-refractivity contribution is 9.10. The number of hydrogen-bond acceptors (Lipinski definition) is 3. The molecule has 2 rings (SSSR count). The Morgan fingerprint density at radius 2 is 2.28 bits per heavy atom. The SMILES string of the molecule is Cl.Cn1ncc(Br)c1CN1CCCCC1CCN. The summed E-state index contributed by atoms with van der Waals surface area (Å²) in [5.74, 6) is 0. The van der Waals surface area contributed by atoms with Crippen molar-refractivity contribution in [2.24, 2.45) is 12.8 Å². The number of nitrogens with zero attached hydrogens (tertiary/aromatic N) is 3. The molecule has 1 unspecified atom stereocenters. The van der Waals surface area contributed by atoms with E-state index in [-0.39, 0.29) is 12.4 Å². The molecule has 1 aromatic heterocycles. The second kappa shape index (κ2) is 7.48. The molecule has 0 amide bonds. The quantitative estimate of drug-likeness (QED) is 0.917. The lowest BCUT2D eigenvalue weighted by atomic mass is 9.99. The zero-order chi connectivity index (χ0) is 12.3. The van der Waals surface area contributed by atoms with Gasteiger partial charge in [0, 0.05) is 19.6 Å². The molecule has 2 N–H and O–H groups in total. The fourth-order valence-corrected chi connectivity index (χ4v) is 3.07. The van der Waals surface area contributed by atoms with Crippen molar-refractivity contribution < 1.29 is 0 Å². The van der Waals surface area contributed by atoms with E-state index in [1.54, 1.807) is 0 Å². The Labute approximate surface area is 123 Å². The van der Waals surface area contributed by atoms with Crippen molar-refractivity contribution in [1.82, 2.24) is 14.7 Å². The number of halogens is 2. The van der Waals surface area contributed by atoms with Gasteiger partial charge in [0.25, 0.3) is 0 Å². The van der Waals surface area contributed by atoms with Gasteiger partial charge in [0.2, 0.25) is 0 Å². The van der Waals surface area contributed by atoms with Gasteiger partial charge in [-0.3, -0.25) is 9.58 Å². The normalized spacial score (nSPS) is 20.7. The van der Waals surface area contributed by atoms with Crippen molar-refractivity contribution in [3.8, 4) is 0 Å². The molecule has 0 radical (unpaired) electrons. The van der Waals surface area contributed by atoms with Crippen molar-refractivity contribution >= 4 is 28.3 Å². The lowest BCUT2D eigenvalue weighted by molar-refractivity contribution is 0.130. The summed E-state index contributed by atoms with van der Waals surface area (Å²) in [5.41, 5.74) is 6.96. The van der Waals surface area contributed by atoms with Crippen molar-refractivity contribution in [3.05, 3.63) is 16.4 Å². The maximum atomic E-state index is 5.70. The number of nitrogens with two attached hydrogens (primary N) is 1. The zero-order valence-electron chi connectivity index (χ0n) is 10.8. The third-order valence-electron chi connectivity index (χ3n) is 3.61. The zero-order valence-corrected chi connectivity index (χ0v) is 13.2. The van der Waals surface area contributed by atoms with E-state index in [1.165, 1.54) is 31.5 Å². The maximum absolute atomic E-state index is 5.70. The van der Waals surface area contributed by atoms with E-state index >= 15 is 0 Å². The summed E-state index contributed by atoms with van der Waals surface area (Å²) in [6.45, 7) is 2.94. The van der Waals surface area contributed by atoms with Gasteiger partial charge in [-0.25, -0.2) is 0 Å². The number of aromatic nitrogens is 2. The van der Waals surface area contributed by atoms with Crippen LogP contribution in [0.1, 0.15) is 31.4 Å². The van der Waals surface area contributed by atoms with Crippen LogP contribution in [0.4, 0.5) is 0 Å². The van der Waals surface area contributed by atoms with Crippen molar-refractivity contribution in [2.45, 2.75) is 38.3 Å². The van der Waals surface area contributed by atoms with Crippen LogP contribution in [-0.2, 0) is 13.6 Å². The predicted molar refractivity (Wildman–Crippen MR) is 79.9 cm³/mol. The highest BCUT2D eigenvalue weighted by atomic mass is 79.9. The number of rotatable bonds is 4. The second-order valence-corrected chi connectivity index (χ2v) is 5.61. The average Bonchev–Trinajstić information content (AvgIpc) is 2.64. The summed E-state index contributed by atoms with van der Waals surface area (Å²) in [6.07, 6.45) is 6.91. The summed E-state index contributed by atoms with van der Waals surface area (Å²) in [6, 6.07) is 0.649. The van der Waals surface area contributed by atoms with Crippen LogP contribution in [0, 0.1) is 0 Å². The van der Waals surface area contributed by atoms with E-state index in [1.807, 2.05) is 17.9 Å². The molecule has 0 bridgehead atoms. The van der Waals surface area contributed by atoms with Gasteiger partial charge in [-0.2, -0.15) is 5.10 Å². The molecule has 6 heteroatoms. The molecule has 4 nitrogen and oxygen atoms in total. The van der Waals surface area contributed by atoms with Crippen molar-refractivity contribution in [2.75, 3.05) is 13.1 Å². The van der Waals surface area contributed by atoms with Crippen LogP contribution in [0.25, 0.3) is 0 Å². The lowest BCUT2D eigenvalue weighted by Crippen LogP contribution is -2.40. The summed E-state index contributed by atoms with van der Waals surface area (Å²) < 4.78 is 3.06. The molecule has 1 fully saturated rings. The predicted octanol–water partition coefficient (Wildman–Crippen LogP) is 2.31. The van der Waals surface area contributed by atoms with Crippen LogP contribution in [0.15, 0.2) is 10.7 Å². The van der Waals surface area contributed by atoms with Gasteiger partial charge in [0.05, 0.1) is 16.4 Å². The van der Waals surface area contributed by atoms with E-state index in [0.29, 0.717) is 6.04 Å². The fraction of sp³-hybridized carbons (Fsp3) is 0.750. The van der Waals surface area contributed by atoms with Crippen LogP contribution in [-0.4, -0.2) is 33.8 Å². The van der Waals surface area contributed by atoms with Gasteiger partial charge in [0.1, 0.15) is 0 Å². The molecule has 104 valence electrons. The summed E-state index contributed by atoms with van der Waals surface area (Å²) >= 11 is 3.57. The highest BCUT2D eigenvalue weighted by Gasteiger charge is 2.23. The van der Waals surface area contributed by atoms with Crippen LogP contribution in [0.2, 0.25) is 0 Å². The summed E-state index contributed by atoms with van der Waals surface area (Å²) in [5, 5.41) is 4.27. The molecular formula is C12H22BrClN4. The first kappa shape index (κ1) is 16.0. The largest absolute Gasteiger partial charge is 0.330 e. The molecule has 2 heterocycles. The van der Waals surface area contributed by atoms with Gasteiger partial charge in [-0.1, -0.05) is 6.42 Å². The Kier molecular flexibility index (Phi) is 6.63. The standard InChI is InChI=1S/C12H21BrN4.ClH/c1-16-12(11(13)8-15-16)9-17-7-3-2-4-10(17)5-6-14;/h8,10H,2-7,9,14H2,1H3;1H. The van der Waals surface area contributed by atoms with Crippen LogP contribution < -0.4 is 5.73 Å². The molecule has 0 saturated carbocycles. The molecule has 18 heavy (non-hydrogen) atoms. The first-order chi connectivity index (χ1) is 8.22. The topological polar surface area (TPSA) is 47.1 Å². The molecular weight excluding hydrogens is 316 g/mol. The molecule has 1 aliphatic heterocycles. The van der Waals surface area contributed by atoms with Gasteiger partial charge in [-0.05, 0) is 48.3 Å². The minimum absolute atomic E-state index is 0. The summed E-state index contributed by atoms with van der Waals surface area (Å²) in [4.78, 5) is 2.55. The van der Waals surface area contributed by atoms with Crippen LogP contribution in [0.5, 0.6) is 0 Å². The molecule has 1 saturated heterocycles. The van der Waals surface area contributed by atoms with Crippen molar-refractivity contribution in [1.29, 1.82) is 0 Å². The number of aryl methyl sites for hydroxylation is 1. The number of hydrogen-bond donors (Lipinski definition) is 1. The Morgan fingerprint density at radius 3 is 2.89 bits per heavy atom. The van der Waals surface area contributed by atoms with Crippen molar-refractivity contribution in [3.63, 3.8) is 0 Å². The number of piperidine rings is 1. The van der Waals surface area contributed by atoms with E-state index in [0.717, 1.165) is 24.0 Å². The van der Waals surface area contributed by atoms with E-state index in [4.69, 9.17) is 5.73 Å². The smallest absolute Gasteiger partial charge is 0.0663 e. The molecule has 1 aromatic rings. The minimum Gasteiger partial charge on any atom is -0.330 e. The third-order valence-corrected chi connectivity index (χ3v) is 4.27. The molecule has 1 atom stereocenters. The highest BCUT2D eigenvalue weighted by Crippen LogP contribution is 2.24. The maximum Gasteiger partial charge on any atom is 0.0663 e. The number of likely N-dealkylation sites (tertiary alicyclic amines) is 1. The summed E-state index contributed by atoms with van der Waals surface area (Å²) in [7, 11) is 2.00. The van der Waals surface area contributed by atoms with E-state index < -0.39 is 0 Å². The lowest BCUT2D eigenvalue weighted by Gasteiger charge is -2.35. The third kappa shape index (κ3) is 3.70. The minimum atomic E-state index is 0. The Balaban J connectivity index is 0.00000162. The van der Waals surface area contributed by atoms with Gasteiger partial charge in [0.15, 0.2) is 0 Å². The van der Waals surface area contributed by atoms with E-state index in [2.05, 4.69) is 25.9 Å². The Morgan fingerprint density at radius 1 is 1.50 bits per heavy atom. The first-order valence-electron chi connectivity index (χ1n) is 6.33. The van der Waals surface area contributed by atoms with Gasteiger partial charge >= 0.3 is 0 Å². The fourth-order valence-electron chi connectivity index (χ4n) is 2.59. The molecule has 0 aliphatic carbocycles. The average molecular weight is 338 g/mol. The Bertz CT molecular complexity index is 347. The molecule has 0 aromatic carbocycles. The van der Waals surface area contributed by atoms with Crippen LogP contribution >= 0.6 is 28.3 Å².